The number of phenolic OH excluding ortho intramolecular Hbond substituents is 1. The van der Waals surface area contributed by atoms with Gasteiger partial charge >= 0.3 is 0 Å². The highest BCUT2D eigenvalue weighted by Crippen LogP contribution is 2.31. The number of aromatic hydroxyl groups is 1. The Morgan fingerprint density at radius 2 is 1.97 bits per heavy atom. The quantitative estimate of drug-likeness (QED) is 0.475. The van der Waals surface area contributed by atoms with E-state index in [1.807, 2.05) is 0 Å². The number of fused-ring (bicyclic) bond motifs is 1. The Balaban J connectivity index is 1.67. The molecule has 1 fully saturated rings. The van der Waals surface area contributed by atoms with Crippen LogP contribution in [0.1, 0.15) is 11.1 Å². The number of benzene rings is 2. The molecular formula is C22H26N4O6S. The number of ether oxygens (including phenoxy) is 3. The maximum atomic E-state index is 12.7. The second-order valence-corrected chi connectivity index (χ2v) is 9.08. The average molecular weight is 475 g/mol. The minimum absolute atomic E-state index is 0.0195. The van der Waals surface area contributed by atoms with Gasteiger partial charge in [0.05, 0.1) is 40.2 Å². The average Bonchev–Trinajstić information content (AvgIpc) is 3.10. The van der Waals surface area contributed by atoms with Crippen LogP contribution in [0.15, 0.2) is 50.8 Å². The van der Waals surface area contributed by atoms with Crippen LogP contribution in [0.2, 0.25) is 0 Å². The third-order valence-electron chi connectivity index (χ3n) is 5.44. The smallest absolute Gasteiger partial charge is 0.285 e. The van der Waals surface area contributed by atoms with Gasteiger partial charge in [0.2, 0.25) is 0 Å². The molecule has 1 saturated heterocycles. The van der Waals surface area contributed by atoms with Crippen LogP contribution in [-0.2, 0) is 14.8 Å². The van der Waals surface area contributed by atoms with Crippen LogP contribution in [0.5, 0.6) is 17.2 Å². The van der Waals surface area contributed by atoms with E-state index in [1.165, 1.54) is 26.4 Å². The van der Waals surface area contributed by atoms with Crippen molar-refractivity contribution in [2.75, 3.05) is 53.6 Å². The lowest BCUT2D eigenvalue weighted by Gasteiger charge is -2.28. The number of hydrogen-bond donors (Lipinski definition) is 1. The second-order valence-electron chi connectivity index (χ2n) is 7.51. The molecule has 176 valence electrons. The Morgan fingerprint density at radius 3 is 2.70 bits per heavy atom. The number of morpholine rings is 1. The number of sulfonamides is 1. The number of nitrogens with zero attached hydrogens (tertiary/aromatic N) is 4. The number of amidine groups is 1. The molecule has 0 aliphatic carbocycles. The Bertz CT molecular complexity index is 1180. The van der Waals surface area contributed by atoms with Crippen molar-refractivity contribution >= 4 is 22.1 Å². The van der Waals surface area contributed by atoms with Crippen LogP contribution >= 0.6 is 0 Å². The van der Waals surface area contributed by atoms with Crippen molar-refractivity contribution in [2.24, 2.45) is 9.50 Å². The summed E-state index contributed by atoms with van der Waals surface area (Å²) >= 11 is 0. The molecule has 0 saturated carbocycles. The summed E-state index contributed by atoms with van der Waals surface area (Å²) in [7, 11) is -0.849. The predicted molar refractivity (Wildman–Crippen MR) is 123 cm³/mol. The molecule has 10 nitrogen and oxygen atoms in total. The summed E-state index contributed by atoms with van der Waals surface area (Å²) in [6.07, 6.45) is 1.58. The van der Waals surface area contributed by atoms with E-state index in [9.17, 15) is 13.5 Å². The highest BCUT2D eigenvalue weighted by Gasteiger charge is 2.32. The van der Waals surface area contributed by atoms with Crippen LogP contribution in [0, 0.1) is 0 Å². The van der Waals surface area contributed by atoms with Crippen molar-refractivity contribution in [3.63, 3.8) is 0 Å². The number of hydrazone groups is 1. The first-order valence-corrected chi connectivity index (χ1v) is 11.9. The molecule has 0 bridgehead atoms. The van der Waals surface area contributed by atoms with Crippen LogP contribution < -0.4 is 9.47 Å². The number of methoxy groups -OCH3 is 2. The van der Waals surface area contributed by atoms with Gasteiger partial charge in [-0.3, -0.25) is 4.90 Å². The summed E-state index contributed by atoms with van der Waals surface area (Å²) in [6, 6.07) is 9.58. The third kappa shape index (κ3) is 5.10. The minimum atomic E-state index is -3.84. The van der Waals surface area contributed by atoms with Crippen LogP contribution in [-0.4, -0.2) is 89.1 Å². The Labute approximate surface area is 192 Å². The number of phenols is 1. The summed E-state index contributed by atoms with van der Waals surface area (Å²) in [5.74, 6) is 1.10. The monoisotopic (exact) mass is 474 g/mol. The first-order chi connectivity index (χ1) is 15.9. The van der Waals surface area contributed by atoms with E-state index < -0.39 is 10.0 Å². The van der Waals surface area contributed by atoms with Crippen molar-refractivity contribution in [2.45, 2.75) is 4.90 Å². The van der Waals surface area contributed by atoms with E-state index in [2.05, 4.69) is 14.4 Å². The van der Waals surface area contributed by atoms with E-state index in [-0.39, 0.29) is 16.5 Å². The largest absolute Gasteiger partial charge is 0.504 e. The summed E-state index contributed by atoms with van der Waals surface area (Å²) in [6.45, 7) is 3.97. The van der Waals surface area contributed by atoms with Gasteiger partial charge in [0.25, 0.3) is 10.0 Å². The Morgan fingerprint density at radius 1 is 1.18 bits per heavy atom. The fourth-order valence-corrected chi connectivity index (χ4v) is 4.81. The highest BCUT2D eigenvalue weighted by atomic mass is 32.2. The predicted octanol–water partition coefficient (Wildman–Crippen LogP) is 1.53. The van der Waals surface area contributed by atoms with Crippen molar-refractivity contribution < 1.29 is 27.7 Å². The zero-order chi connectivity index (χ0) is 23.4. The number of rotatable bonds is 7. The van der Waals surface area contributed by atoms with Crippen molar-refractivity contribution in [1.82, 2.24) is 9.91 Å². The molecule has 2 aromatic rings. The number of hydrogen-bond acceptors (Lipinski definition) is 9. The van der Waals surface area contributed by atoms with Gasteiger partial charge in [-0.15, -0.1) is 4.40 Å². The first-order valence-electron chi connectivity index (χ1n) is 10.4. The standard InChI is InChI=1S/C22H26N4O6S/c1-30-17-4-6-21-18(14-17)22(24-33(21,28)29)26(8-7-25-9-11-32-12-10-25)23-15-16-3-5-19(27)20(13-16)31-2/h3-6,13-15,27H,7-12H2,1-2H3. The maximum Gasteiger partial charge on any atom is 0.285 e. The molecule has 0 aromatic heterocycles. The zero-order valence-electron chi connectivity index (χ0n) is 18.5. The van der Waals surface area contributed by atoms with Crippen molar-refractivity contribution in [3.05, 3.63) is 47.5 Å². The summed E-state index contributed by atoms with van der Waals surface area (Å²) < 4.78 is 45.3. The molecule has 0 atom stereocenters. The summed E-state index contributed by atoms with van der Waals surface area (Å²) in [4.78, 5) is 2.35. The van der Waals surface area contributed by atoms with E-state index >= 15 is 0 Å². The fourth-order valence-electron chi connectivity index (χ4n) is 3.62. The van der Waals surface area contributed by atoms with Crippen LogP contribution in [0.3, 0.4) is 0 Å². The second kappa shape index (κ2) is 9.77. The first kappa shape index (κ1) is 23.0. The van der Waals surface area contributed by atoms with E-state index in [1.54, 1.807) is 35.5 Å². The molecule has 4 rings (SSSR count). The Kier molecular flexibility index (Phi) is 6.82. The zero-order valence-corrected chi connectivity index (χ0v) is 19.3. The van der Waals surface area contributed by atoms with Gasteiger partial charge in [0.15, 0.2) is 17.3 Å². The van der Waals surface area contributed by atoms with Crippen molar-refractivity contribution in [3.8, 4) is 17.2 Å². The summed E-state index contributed by atoms with van der Waals surface area (Å²) in [5.41, 5.74) is 1.12. The van der Waals surface area contributed by atoms with Crippen molar-refractivity contribution in [1.29, 1.82) is 0 Å². The van der Waals surface area contributed by atoms with E-state index in [4.69, 9.17) is 14.2 Å². The molecular weight excluding hydrogens is 448 g/mol. The van der Waals surface area contributed by atoms with Gasteiger partial charge in [0.1, 0.15) is 10.6 Å². The molecule has 0 radical (unpaired) electrons. The molecule has 0 amide bonds. The topological polar surface area (TPSA) is 113 Å². The molecule has 2 heterocycles. The molecule has 1 N–H and O–H groups in total. The normalized spacial score (nSPS) is 17.6. The SMILES string of the molecule is COc1ccc2c(c1)C(N(CCN1CCOCC1)N=Cc1ccc(O)c(OC)c1)=NS2(=O)=O. The van der Waals surface area contributed by atoms with E-state index in [0.717, 1.165) is 13.1 Å². The van der Waals surface area contributed by atoms with Crippen LogP contribution in [0.4, 0.5) is 0 Å². The molecule has 2 aliphatic rings. The van der Waals surface area contributed by atoms with Gasteiger partial charge in [-0.25, -0.2) is 5.01 Å². The molecule has 2 aliphatic heterocycles. The lowest BCUT2D eigenvalue weighted by Crippen LogP contribution is -2.41. The molecule has 0 spiro atoms. The molecule has 0 unspecified atom stereocenters. The van der Waals surface area contributed by atoms with Gasteiger partial charge < -0.3 is 19.3 Å². The van der Waals surface area contributed by atoms with Gasteiger partial charge in [-0.1, -0.05) is 0 Å². The highest BCUT2D eigenvalue weighted by molar-refractivity contribution is 7.90. The molecule has 33 heavy (non-hydrogen) atoms. The van der Waals surface area contributed by atoms with Crippen LogP contribution in [0.25, 0.3) is 0 Å². The summed E-state index contributed by atoms with van der Waals surface area (Å²) in [5, 5.41) is 16.0. The molecule has 11 heteroatoms. The fraction of sp³-hybridized carbons (Fsp3) is 0.364. The maximum absolute atomic E-state index is 12.7. The van der Waals surface area contributed by atoms with Gasteiger partial charge in [-0.05, 0) is 42.0 Å². The van der Waals surface area contributed by atoms with E-state index in [0.29, 0.717) is 48.9 Å². The molecule has 2 aromatic carbocycles. The lowest BCUT2D eigenvalue weighted by molar-refractivity contribution is 0.0360. The third-order valence-corrected chi connectivity index (χ3v) is 6.76. The van der Waals surface area contributed by atoms with Gasteiger partial charge in [-0.2, -0.15) is 13.5 Å². The Hall–Kier alpha value is -3.15. The van der Waals surface area contributed by atoms with Gasteiger partial charge in [0, 0.05) is 25.2 Å². The lowest BCUT2D eigenvalue weighted by atomic mass is 10.2. The minimum Gasteiger partial charge on any atom is -0.504 e.